The minimum Gasteiger partial charge on any atom is -0.357 e. The molecular weight excluding hydrogens is 324 g/mol. The molecule has 2 rings (SSSR count). The van der Waals surface area contributed by atoms with Gasteiger partial charge in [0.15, 0.2) is 5.96 Å². The normalized spacial score (nSPS) is 16.3. The molecule has 0 bridgehead atoms. The van der Waals surface area contributed by atoms with Gasteiger partial charge < -0.3 is 21.3 Å². The van der Waals surface area contributed by atoms with E-state index in [4.69, 9.17) is 5.73 Å². The zero-order chi connectivity index (χ0) is 17.5. The topological polar surface area (TPSA) is 95.6 Å². The van der Waals surface area contributed by atoms with Crippen LogP contribution in [0.3, 0.4) is 0 Å². The number of rotatable bonds is 5. The van der Waals surface area contributed by atoms with Gasteiger partial charge in [-0.1, -0.05) is 0 Å². The highest BCUT2D eigenvalue weighted by Gasteiger charge is 2.21. The monoisotopic (exact) mass is 352 g/mol. The molecule has 0 aliphatic carbocycles. The number of thiazole rings is 1. The number of hydrogen-bond donors (Lipinski definition) is 3. The lowest BCUT2D eigenvalue weighted by Crippen LogP contribution is -2.50. The van der Waals surface area contributed by atoms with Crippen LogP contribution in [0.25, 0.3) is 0 Å². The molecular formula is C16H28N6OS. The molecule has 1 saturated heterocycles. The Bertz CT molecular complexity index is 577. The Morgan fingerprint density at radius 2 is 2.12 bits per heavy atom. The van der Waals surface area contributed by atoms with Crippen molar-refractivity contribution in [1.82, 2.24) is 20.5 Å². The molecule has 0 radical (unpaired) electrons. The number of aliphatic imine (C=N–C) groups is 1. The van der Waals surface area contributed by atoms with Crippen molar-refractivity contribution in [2.45, 2.75) is 46.1 Å². The van der Waals surface area contributed by atoms with E-state index < -0.39 is 0 Å². The van der Waals surface area contributed by atoms with Crippen molar-refractivity contribution >= 4 is 23.3 Å². The van der Waals surface area contributed by atoms with E-state index >= 15 is 0 Å². The molecule has 0 atom stereocenters. The number of piperidine rings is 1. The van der Waals surface area contributed by atoms with Gasteiger partial charge in [0, 0.05) is 43.5 Å². The van der Waals surface area contributed by atoms with Gasteiger partial charge in [0.2, 0.25) is 0 Å². The molecule has 1 aliphatic rings. The Hall–Kier alpha value is -1.83. The number of urea groups is 1. The third-order valence-electron chi connectivity index (χ3n) is 4.10. The van der Waals surface area contributed by atoms with Crippen LogP contribution in [0.4, 0.5) is 4.79 Å². The van der Waals surface area contributed by atoms with E-state index in [2.05, 4.69) is 34.5 Å². The van der Waals surface area contributed by atoms with Crippen molar-refractivity contribution in [2.24, 2.45) is 10.7 Å². The number of nitrogens with zero attached hydrogens (tertiary/aromatic N) is 3. The molecule has 0 saturated carbocycles. The summed E-state index contributed by atoms with van der Waals surface area (Å²) in [6.07, 6.45) is 2.69. The molecule has 1 aliphatic heterocycles. The number of hydrogen-bond acceptors (Lipinski definition) is 4. The maximum atomic E-state index is 11.2. The highest BCUT2D eigenvalue weighted by molar-refractivity contribution is 7.11. The van der Waals surface area contributed by atoms with Gasteiger partial charge in [0.25, 0.3) is 0 Å². The minimum absolute atomic E-state index is 0.325. The first kappa shape index (κ1) is 18.5. The molecule has 24 heavy (non-hydrogen) atoms. The fraction of sp³-hybridized carbons (Fsp3) is 0.688. The summed E-state index contributed by atoms with van der Waals surface area (Å²) in [6, 6.07) is -0.00460. The second kappa shape index (κ2) is 8.86. The summed E-state index contributed by atoms with van der Waals surface area (Å²) in [4.78, 5) is 23.3. The standard InChI is InChI=1S/C16H28N6OS/c1-4-18-16(19-8-5-14-11(2)20-12(3)24-14)21-13-6-9-22(10-7-13)15(17)23/h13H,4-10H2,1-3H3,(H2,17,23)(H2,18,19,21). The summed E-state index contributed by atoms with van der Waals surface area (Å²) in [5.41, 5.74) is 6.44. The lowest BCUT2D eigenvalue weighted by atomic mass is 10.1. The van der Waals surface area contributed by atoms with Crippen LogP contribution < -0.4 is 16.4 Å². The van der Waals surface area contributed by atoms with E-state index in [0.717, 1.165) is 49.0 Å². The number of aryl methyl sites for hydroxylation is 2. The number of nitrogens with one attached hydrogen (secondary N) is 2. The van der Waals surface area contributed by atoms with Crippen LogP contribution in [0.2, 0.25) is 0 Å². The maximum Gasteiger partial charge on any atom is 0.314 e. The second-order valence-corrected chi connectivity index (χ2v) is 7.28. The number of primary amides is 1. The Balaban J connectivity index is 1.84. The first-order valence-corrected chi connectivity index (χ1v) is 9.33. The first-order valence-electron chi connectivity index (χ1n) is 8.51. The van der Waals surface area contributed by atoms with Crippen LogP contribution in [-0.2, 0) is 6.42 Å². The summed E-state index contributed by atoms with van der Waals surface area (Å²) < 4.78 is 0. The highest BCUT2D eigenvalue weighted by Crippen LogP contribution is 2.17. The van der Waals surface area contributed by atoms with E-state index in [0.29, 0.717) is 19.1 Å². The highest BCUT2D eigenvalue weighted by atomic mass is 32.1. The van der Waals surface area contributed by atoms with Crippen molar-refractivity contribution in [3.63, 3.8) is 0 Å². The minimum atomic E-state index is -0.329. The number of likely N-dealkylation sites (tertiary alicyclic amines) is 1. The molecule has 0 spiro atoms. The van der Waals surface area contributed by atoms with E-state index in [1.807, 2.05) is 6.92 Å². The Labute approximate surface area is 147 Å². The fourth-order valence-electron chi connectivity index (χ4n) is 2.83. The third-order valence-corrected chi connectivity index (χ3v) is 5.23. The first-order chi connectivity index (χ1) is 11.5. The van der Waals surface area contributed by atoms with Gasteiger partial charge >= 0.3 is 6.03 Å². The van der Waals surface area contributed by atoms with Crippen molar-refractivity contribution in [2.75, 3.05) is 26.2 Å². The molecule has 1 fully saturated rings. The molecule has 8 heteroatoms. The zero-order valence-corrected chi connectivity index (χ0v) is 15.6. The predicted molar refractivity (Wildman–Crippen MR) is 98.6 cm³/mol. The molecule has 2 heterocycles. The largest absolute Gasteiger partial charge is 0.357 e. The van der Waals surface area contributed by atoms with Crippen LogP contribution in [-0.4, -0.2) is 54.1 Å². The Kier molecular flexibility index (Phi) is 6.84. The lowest BCUT2D eigenvalue weighted by molar-refractivity contribution is 0.188. The number of carbonyl (C=O) groups excluding carboxylic acids is 1. The molecule has 0 unspecified atom stereocenters. The molecule has 1 aromatic heterocycles. The van der Waals surface area contributed by atoms with Gasteiger partial charge in [-0.05, 0) is 33.6 Å². The smallest absolute Gasteiger partial charge is 0.314 e. The summed E-state index contributed by atoms with van der Waals surface area (Å²) >= 11 is 1.75. The summed E-state index contributed by atoms with van der Waals surface area (Å²) in [5, 5.41) is 7.87. The van der Waals surface area contributed by atoms with E-state index in [-0.39, 0.29) is 6.03 Å². The van der Waals surface area contributed by atoms with Gasteiger partial charge in [-0.3, -0.25) is 4.99 Å². The van der Waals surface area contributed by atoms with Crippen LogP contribution in [0, 0.1) is 13.8 Å². The Morgan fingerprint density at radius 3 is 2.67 bits per heavy atom. The van der Waals surface area contributed by atoms with Gasteiger partial charge in [-0.2, -0.15) is 0 Å². The molecule has 134 valence electrons. The lowest BCUT2D eigenvalue weighted by Gasteiger charge is -2.32. The van der Waals surface area contributed by atoms with Crippen molar-refractivity contribution < 1.29 is 4.79 Å². The molecule has 7 nitrogen and oxygen atoms in total. The average Bonchev–Trinajstić information content (AvgIpc) is 2.86. The van der Waals surface area contributed by atoms with Crippen LogP contribution in [0.15, 0.2) is 4.99 Å². The summed E-state index contributed by atoms with van der Waals surface area (Å²) in [7, 11) is 0. The number of carbonyl (C=O) groups is 1. The Morgan fingerprint density at radius 1 is 1.42 bits per heavy atom. The molecule has 1 aromatic rings. The SMILES string of the molecule is CCNC(=NCCc1sc(C)nc1C)NC1CCN(C(N)=O)CC1. The molecule has 0 aromatic carbocycles. The van der Waals surface area contributed by atoms with Gasteiger partial charge in [0.1, 0.15) is 0 Å². The second-order valence-electron chi connectivity index (χ2n) is 6.00. The number of nitrogens with two attached hydrogens (primary N) is 1. The van der Waals surface area contributed by atoms with Crippen LogP contribution in [0.5, 0.6) is 0 Å². The summed E-state index contributed by atoms with van der Waals surface area (Å²) in [5.74, 6) is 0.842. The van der Waals surface area contributed by atoms with E-state index in [1.165, 1.54) is 4.88 Å². The van der Waals surface area contributed by atoms with Crippen LogP contribution in [0.1, 0.15) is 35.3 Å². The molecule has 4 N–H and O–H groups in total. The van der Waals surface area contributed by atoms with Gasteiger partial charge in [0.05, 0.1) is 10.7 Å². The predicted octanol–water partition coefficient (Wildman–Crippen LogP) is 1.40. The van der Waals surface area contributed by atoms with Gasteiger partial charge in [-0.25, -0.2) is 9.78 Å². The number of guanidine groups is 1. The van der Waals surface area contributed by atoms with Crippen LogP contribution >= 0.6 is 11.3 Å². The molecule has 2 amide bonds. The van der Waals surface area contributed by atoms with Crippen molar-refractivity contribution in [3.05, 3.63) is 15.6 Å². The zero-order valence-electron chi connectivity index (χ0n) is 14.8. The number of aromatic nitrogens is 1. The van der Waals surface area contributed by atoms with Gasteiger partial charge in [-0.15, -0.1) is 11.3 Å². The average molecular weight is 353 g/mol. The third kappa shape index (κ3) is 5.36. The number of amides is 2. The fourth-order valence-corrected chi connectivity index (χ4v) is 3.76. The van der Waals surface area contributed by atoms with E-state index in [1.54, 1.807) is 16.2 Å². The van der Waals surface area contributed by atoms with E-state index in [9.17, 15) is 4.79 Å². The van der Waals surface area contributed by atoms with Crippen molar-refractivity contribution in [1.29, 1.82) is 0 Å². The quantitative estimate of drug-likeness (QED) is 0.551. The maximum absolute atomic E-state index is 11.2. The van der Waals surface area contributed by atoms with Crippen molar-refractivity contribution in [3.8, 4) is 0 Å². The summed E-state index contributed by atoms with van der Waals surface area (Å²) in [6.45, 7) is 9.11.